The van der Waals surface area contributed by atoms with Gasteiger partial charge in [0.05, 0.1) is 50.1 Å². The van der Waals surface area contributed by atoms with Crippen molar-refractivity contribution in [2.75, 3.05) is 13.2 Å². The molecule has 8 aromatic carbocycles. The first kappa shape index (κ1) is 61.4. The van der Waals surface area contributed by atoms with E-state index in [1.54, 1.807) is 127 Å². The molecule has 19 nitrogen and oxygen atoms in total. The second-order valence-corrected chi connectivity index (χ2v) is 21.0. The zero-order chi connectivity index (χ0) is 62.1. The van der Waals surface area contributed by atoms with Crippen LogP contribution >= 0.6 is 11.8 Å². The van der Waals surface area contributed by atoms with Crippen molar-refractivity contribution in [3.8, 4) is 12.1 Å². The molecule has 0 aromatic heterocycles. The van der Waals surface area contributed by atoms with Gasteiger partial charge in [0.1, 0.15) is 49.1 Å². The van der Waals surface area contributed by atoms with E-state index >= 15 is 0 Å². The lowest BCUT2D eigenvalue weighted by atomic mass is 9.96. The predicted octanol–water partition coefficient (Wildman–Crippen LogP) is 10.2. The largest absolute Gasteiger partial charge is 0.459 e. The maximum Gasteiger partial charge on any atom is 0.338 e. The van der Waals surface area contributed by atoms with E-state index in [0.717, 1.165) is 11.8 Å². The van der Waals surface area contributed by atoms with E-state index in [-0.39, 0.29) is 50.1 Å². The number of hydrogen-bond donors (Lipinski definition) is 0. The summed E-state index contributed by atoms with van der Waals surface area (Å²) in [4.78, 5) is 101. The summed E-state index contributed by atoms with van der Waals surface area (Å²) in [6, 6.07) is 62.7. The summed E-state index contributed by atoms with van der Waals surface area (Å²) < 4.78 is 64.6. The smallest absolute Gasteiger partial charge is 0.338 e. The monoisotopic (exact) mass is 1210 g/mol. The van der Waals surface area contributed by atoms with Crippen molar-refractivity contribution >= 4 is 53.5 Å². The lowest BCUT2D eigenvalue weighted by Crippen LogP contribution is -2.67. The zero-order valence-corrected chi connectivity index (χ0v) is 47.7. The molecule has 0 amide bonds. The van der Waals surface area contributed by atoms with Crippen LogP contribution in [0.5, 0.6) is 0 Å². The van der Waals surface area contributed by atoms with E-state index in [9.17, 15) is 44.1 Å². The molecule has 0 saturated carbocycles. The Hall–Kier alpha value is -10.7. The standard InChI is InChI=1S/C69H52N2O17S/c70-39-50-36-37-52(38-51(50)40-71)89-69-60(87-67(78)49-34-20-7-21-35-49)58(85-65(76)47-30-16-5-17-31-47)56(54(82-69)42-80-62(73)44-24-10-2-11-25-44)88-68-59(86-66(77)48-32-18-6-19-33-48)57(84-64(75)46-28-14-4-15-29-46)55(83-63(74)45-26-12-3-13-27-45)53(81-68)41-79-61(72)43-22-8-1-9-23-43/h1-38,53-60,68-69H,41-42H2/t53-,54-,55+,56-,57+,58+,59-,60-,68+,69+/m1/s1. The number of hydrogen-bond acceptors (Lipinski definition) is 20. The van der Waals surface area contributed by atoms with E-state index in [4.69, 9.17) is 47.4 Å². The van der Waals surface area contributed by atoms with Crippen molar-refractivity contribution in [2.24, 2.45) is 0 Å². The van der Waals surface area contributed by atoms with Crippen LogP contribution in [-0.2, 0) is 47.4 Å². The minimum Gasteiger partial charge on any atom is -0.459 e. The molecular formula is C69H52N2O17S. The van der Waals surface area contributed by atoms with Gasteiger partial charge in [0.25, 0.3) is 0 Å². The zero-order valence-electron chi connectivity index (χ0n) is 46.9. The number of esters is 7. The molecule has 446 valence electrons. The fourth-order valence-electron chi connectivity index (χ4n) is 9.59. The van der Waals surface area contributed by atoms with Crippen LogP contribution in [0.4, 0.5) is 0 Å². The van der Waals surface area contributed by atoms with Gasteiger partial charge in [0.2, 0.25) is 0 Å². The number of thioether (sulfide) groups is 1. The topological polar surface area (TPSA) is 259 Å². The molecule has 2 fully saturated rings. The van der Waals surface area contributed by atoms with Crippen molar-refractivity contribution in [3.05, 3.63) is 281 Å². The lowest BCUT2D eigenvalue weighted by molar-refractivity contribution is -0.335. The highest BCUT2D eigenvalue weighted by Gasteiger charge is 2.58. The Kier molecular flexibility index (Phi) is 20.4. The van der Waals surface area contributed by atoms with Gasteiger partial charge >= 0.3 is 41.8 Å². The van der Waals surface area contributed by atoms with Gasteiger partial charge in [-0.25, -0.2) is 33.6 Å². The molecule has 89 heavy (non-hydrogen) atoms. The lowest BCUT2D eigenvalue weighted by Gasteiger charge is -2.49. The highest BCUT2D eigenvalue weighted by atomic mass is 32.2. The van der Waals surface area contributed by atoms with E-state index < -0.39 is 116 Å². The number of ether oxygens (including phenoxy) is 10. The van der Waals surface area contributed by atoms with Crippen molar-refractivity contribution in [1.29, 1.82) is 10.5 Å². The SMILES string of the molecule is N#Cc1ccc(S[C@@H]2O[C@H](COC(=O)c3ccccc3)[C@@H](O[C@@H]3O[C@H](COC(=O)c4ccccc4)[C@H](OC(=O)c4ccccc4)[C@H](OC(=O)c4ccccc4)[C@H]3OC(=O)c3ccccc3)[C@H](OC(=O)c3ccccc3)[C@H]2OC(=O)c2ccccc2)cc1C#N. The third kappa shape index (κ3) is 15.5. The number of nitrogens with zero attached hydrogens (tertiary/aromatic N) is 2. The molecule has 0 bridgehead atoms. The van der Waals surface area contributed by atoms with Gasteiger partial charge in [-0.05, 0) is 103 Å². The van der Waals surface area contributed by atoms with Gasteiger partial charge in [-0.2, -0.15) is 10.5 Å². The van der Waals surface area contributed by atoms with Gasteiger partial charge in [-0.1, -0.05) is 139 Å². The molecule has 20 heteroatoms. The van der Waals surface area contributed by atoms with Crippen LogP contribution in [-0.4, -0.2) is 116 Å². The summed E-state index contributed by atoms with van der Waals surface area (Å²) >= 11 is 0.889. The van der Waals surface area contributed by atoms with Crippen LogP contribution in [0.15, 0.2) is 235 Å². The first-order chi connectivity index (χ1) is 43.4. The highest BCUT2D eigenvalue weighted by Crippen LogP contribution is 2.41. The molecule has 10 atom stereocenters. The number of rotatable bonds is 20. The summed E-state index contributed by atoms with van der Waals surface area (Å²) in [5, 5.41) is 20.0. The summed E-state index contributed by atoms with van der Waals surface area (Å²) in [5.74, 6) is -6.69. The minimum atomic E-state index is -2.10. The van der Waals surface area contributed by atoms with Crippen molar-refractivity contribution in [2.45, 2.75) is 65.5 Å². The first-order valence-electron chi connectivity index (χ1n) is 27.8. The molecular weight excluding hydrogens is 1160 g/mol. The third-order valence-electron chi connectivity index (χ3n) is 14.0. The predicted molar refractivity (Wildman–Crippen MR) is 316 cm³/mol. The normalized spacial score (nSPS) is 21.0. The molecule has 2 aliphatic rings. The van der Waals surface area contributed by atoms with Crippen LogP contribution in [0.3, 0.4) is 0 Å². The van der Waals surface area contributed by atoms with E-state index in [2.05, 4.69) is 0 Å². The van der Waals surface area contributed by atoms with Crippen LogP contribution < -0.4 is 0 Å². The molecule has 0 radical (unpaired) electrons. The van der Waals surface area contributed by atoms with Crippen LogP contribution in [0.1, 0.15) is 83.6 Å². The van der Waals surface area contributed by atoms with Gasteiger partial charge in [0, 0.05) is 4.90 Å². The summed E-state index contributed by atoms with van der Waals surface area (Å²) in [7, 11) is 0. The highest BCUT2D eigenvalue weighted by molar-refractivity contribution is 7.99. The van der Waals surface area contributed by atoms with Crippen LogP contribution in [0.25, 0.3) is 0 Å². The van der Waals surface area contributed by atoms with Crippen molar-refractivity contribution < 1.29 is 80.9 Å². The Morgan fingerprint density at radius 1 is 0.348 bits per heavy atom. The number of nitriles is 2. The molecule has 8 aromatic rings. The first-order valence-corrected chi connectivity index (χ1v) is 28.6. The van der Waals surface area contributed by atoms with Gasteiger partial charge in [-0.3, -0.25) is 0 Å². The number of carbonyl (C=O) groups excluding carboxylic acids is 7. The van der Waals surface area contributed by atoms with Gasteiger partial charge < -0.3 is 47.4 Å². The Labute approximate surface area is 514 Å². The molecule has 2 heterocycles. The van der Waals surface area contributed by atoms with E-state index in [0.29, 0.717) is 4.90 Å². The number of benzene rings is 8. The second kappa shape index (κ2) is 29.6. The number of carbonyl (C=O) groups is 7. The Morgan fingerprint density at radius 3 is 1.03 bits per heavy atom. The molecule has 0 N–H and O–H groups in total. The average molecular weight is 1210 g/mol. The molecule has 10 rings (SSSR count). The van der Waals surface area contributed by atoms with Gasteiger partial charge in [0.15, 0.2) is 36.8 Å². The molecule has 2 aliphatic heterocycles. The summed E-state index contributed by atoms with van der Waals surface area (Å²) in [5.41, 5.74) is -1.16. The Morgan fingerprint density at radius 2 is 0.663 bits per heavy atom. The van der Waals surface area contributed by atoms with Crippen LogP contribution in [0.2, 0.25) is 0 Å². The maximum atomic E-state index is 14.8. The van der Waals surface area contributed by atoms with E-state index in [1.807, 2.05) is 12.1 Å². The Balaban J connectivity index is 1.15. The quantitative estimate of drug-likeness (QED) is 0.0507. The fourth-order valence-corrected chi connectivity index (χ4v) is 10.7. The molecule has 0 unspecified atom stereocenters. The average Bonchev–Trinajstić information content (AvgIpc) is 1.26. The van der Waals surface area contributed by atoms with Crippen LogP contribution in [0, 0.1) is 22.7 Å². The summed E-state index contributed by atoms with van der Waals surface area (Å²) in [6.45, 7) is -1.50. The molecule has 0 spiro atoms. The summed E-state index contributed by atoms with van der Waals surface area (Å²) in [6.07, 6.45) is -16.7. The second-order valence-electron chi connectivity index (χ2n) is 19.8. The Bertz CT molecular complexity index is 3860. The van der Waals surface area contributed by atoms with Crippen molar-refractivity contribution in [3.63, 3.8) is 0 Å². The van der Waals surface area contributed by atoms with Gasteiger partial charge in [-0.15, -0.1) is 0 Å². The molecule has 0 aliphatic carbocycles. The minimum absolute atomic E-state index is 0.00516. The third-order valence-corrected chi connectivity index (χ3v) is 15.1. The maximum absolute atomic E-state index is 14.8. The van der Waals surface area contributed by atoms with E-state index in [1.165, 1.54) is 103 Å². The fraction of sp³-hybridized carbons (Fsp3) is 0.174. The van der Waals surface area contributed by atoms with Crippen molar-refractivity contribution in [1.82, 2.24) is 0 Å². The molecule has 2 saturated heterocycles.